The van der Waals surface area contributed by atoms with Crippen LogP contribution in [0.15, 0.2) is 24.3 Å². The van der Waals surface area contributed by atoms with Crippen LogP contribution in [0.1, 0.15) is 38.2 Å². The molecule has 3 rings (SSSR count). The van der Waals surface area contributed by atoms with E-state index in [0.717, 1.165) is 37.2 Å². The second kappa shape index (κ2) is 5.51. The maximum absolute atomic E-state index is 12.3. The minimum Gasteiger partial charge on any atom is -0.342 e. The van der Waals surface area contributed by atoms with Gasteiger partial charge in [-0.25, -0.2) is 0 Å². The Balaban J connectivity index is 1.70. The molecule has 0 spiro atoms. The van der Waals surface area contributed by atoms with Crippen molar-refractivity contribution < 1.29 is 9.59 Å². The van der Waals surface area contributed by atoms with Crippen LogP contribution < -0.4 is 5.32 Å². The Morgan fingerprint density at radius 2 is 1.90 bits per heavy atom. The number of benzene rings is 1. The molecule has 2 aliphatic heterocycles. The topological polar surface area (TPSA) is 49.4 Å². The number of piperidine rings is 1. The lowest BCUT2D eigenvalue weighted by atomic mass is 9.80. The molecular formula is C17H22N2O2. The fourth-order valence-corrected chi connectivity index (χ4v) is 3.52. The predicted octanol–water partition coefficient (Wildman–Crippen LogP) is 2.62. The van der Waals surface area contributed by atoms with Crippen LogP contribution in [-0.2, 0) is 9.59 Å². The highest BCUT2D eigenvalue weighted by Crippen LogP contribution is 2.41. The van der Waals surface area contributed by atoms with Crippen LogP contribution in [0.3, 0.4) is 0 Å². The average Bonchev–Trinajstić information content (AvgIpc) is 2.82. The molecule has 1 saturated heterocycles. The molecule has 2 heterocycles. The van der Waals surface area contributed by atoms with Gasteiger partial charge in [-0.05, 0) is 30.4 Å². The Hall–Kier alpha value is -1.84. The Morgan fingerprint density at radius 3 is 2.57 bits per heavy atom. The van der Waals surface area contributed by atoms with Gasteiger partial charge in [0.2, 0.25) is 11.8 Å². The molecule has 0 radical (unpaired) electrons. The van der Waals surface area contributed by atoms with Crippen LogP contribution in [0, 0.1) is 11.8 Å². The summed E-state index contributed by atoms with van der Waals surface area (Å²) in [6.07, 6.45) is 1.82. The molecule has 2 aliphatic rings. The van der Waals surface area contributed by atoms with Crippen molar-refractivity contribution >= 4 is 17.5 Å². The SMILES string of the molecule is CC(C)C(=O)N1CCC(C2C(=O)Nc3ccccc32)CC1. The van der Waals surface area contributed by atoms with Crippen LogP contribution in [0.2, 0.25) is 0 Å². The van der Waals surface area contributed by atoms with Crippen LogP contribution in [-0.4, -0.2) is 29.8 Å². The summed E-state index contributed by atoms with van der Waals surface area (Å²) in [6.45, 7) is 5.42. The fourth-order valence-electron chi connectivity index (χ4n) is 3.52. The second-order valence-electron chi connectivity index (χ2n) is 6.37. The monoisotopic (exact) mass is 286 g/mol. The highest BCUT2D eigenvalue weighted by atomic mass is 16.2. The van der Waals surface area contributed by atoms with E-state index < -0.39 is 0 Å². The van der Waals surface area contributed by atoms with E-state index >= 15 is 0 Å². The lowest BCUT2D eigenvalue weighted by molar-refractivity contribution is -0.136. The molecule has 4 nitrogen and oxygen atoms in total. The largest absolute Gasteiger partial charge is 0.342 e. The number of anilines is 1. The molecule has 0 saturated carbocycles. The van der Waals surface area contributed by atoms with Crippen LogP contribution in [0.5, 0.6) is 0 Å². The number of nitrogens with zero attached hydrogens (tertiary/aromatic N) is 1. The normalized spacial score (nSPS) is 22.3. The summed E-state index contributed by atoms with van der Waals surface area (Å²) in [5.41, 5.74) is 2.07. The minimum atomic E-state index is -0.0440. The number of para-hydroxylation sites is 1. The van der Waals surface area contributed by atoms with Crippen molar-refractivity contribution in [3.05, 3.63) is 29.8 Å². The van der Waals surface area contributed by atoms with Crippen LogP contribution >= 0.6 is 0 Å². The first-order chi connectivity index (χ1) is 10.1. The van der Waals surface area contributed by atoms with Crippen LogP contribution in [0.4, 0.5) is 5.69 Å². The van der Waals surface area contributed by atoms with Gasteiger partial charge in [0.1, 0.15) is 0 Å². The third-order valence-corrected chi connectivity index (χ3v) is 4.65. The van der Waals surface area contributed by atoms with Crippen molar-refractivity contribution in [3.8, 4) is 0 Å². The third kappa shape index (κ3) is 2.55. The number of hydrogen-bond acceptors (Lipinski definition) is 2. The highest BCUT2D eigenvalue weighted by molar-refractivity contribution is 6.03. The van der Waals surface area contributed by atoms with Gasteiger partial charge in [0.05, 0.1) is 5.92 Å². The molecular weight excluding hydrogens is 264 g/mol. The number of carbonyl (C=O) groups is 2. The molecule has 1 unspecified atom stereocenters. The van der Waals surface area contributed by atoms with Gasteiger partial charge in [0, 0.05) is 24.7 Å². The second-order valence-corrected chi connectivity index (χ2v) is 6.37. The zero-order chi connectivity index (χ0) is 15.0. The lowest BCUT2D eigenvalue weighted by Gasteiger charge is -2.35. The van der Waals surface area contributed by atoms with E-state index in [2.05, 4.69) is 5.32 Å². The van der Waals surface area contributed by atoms with Crippen molar-refractivity contribution in [2.24, 2.45) is 11.8 Å². The van der Waals surface area contributed by atoms with E-state index in [1.165, 1.54) is 0 Å². The van der Waals surface area contributed by atoms with Crippen LogP contribution in [0.25, 0.3) is 0 Å². The van der Waals surface area contributed by atoms with E-state index in [9.17, 15) is 9.59 Å². The Kier molecular flexibility index (Phi) is 3.70. The molecule has 0 bridgehead atoms. The Bertz CT molecular complexity index is 560. The number of likely N-dealkylation sites (tertiary alicyclic amines) is 1. The summed E-state index contributed by atoms with van der Waals surface area (Å²) in [6, 6.07) is 7.95. The van der Waals surface area contributed by atoms with Gasteiger partial charge in [-0.15, -0.1) is 0 Å². The molecule has 0 aromatic heterocycles. The summed E-state index contributed by atoms with van der Waals surface area (Å²) < 4.78 is 0. The van der Waals surface area contributed by atoms with E-state index in [0.29, 0.717) is 5.92 Å². The van der Waals surface area contributed by atoms with E-state index in [-0.39, 0.29) is 23.7 Å². The summed E-state index contributed by atoms with van der Waals surface area (Å²) in [7, 11) is 0. The first kappa shape index (κ1) is 14.1. The van der Waals surface area contributed by atoms with Gasteiger partial charge in [0.25, 0.3) is 0 Å². The molecule has 1 fully saturated rings. The standard InChI is InChI=1S/C17H22N2O2/c1-11(2)17(21)19-9-7-12(8-10-19)15-13-5-3-4-6-14(13)18-16(15)20/h3-6,11-12,15H,7-10H2,1-2H3,(H,18,20). The number of hydrogen-bond donors (Lipinski definition) is 1. The summed E-state index contributed by atoms with van der Waals surface area (Å²) in [4.78, 5) is 26.2. The molecule has 1 atom stereocenters. The number of carbonyl (C=O) groups excluding carboxylic acids is 2. The molecule has 21 heavy (non-hydrogen) atoms. The van der Waals surface area contributed by atoms with Crippen molar-refractivity contribution in [1.29, 1.82) is 0 Å². The van der Waals surface area contributed by atoms with Crippen molar-refractivity contribution in [2.75, 3.05) is 18.4 Å². The number of amides is 2. The zero-order valence-electron chi connectivity index (χ0n) is 12.6. The Labute approximate surface area is 125 Å². The lowest BCUT2D eigenvalue weighted by Crippen LogP contribution is -2.42. The molecule has 4 heteroatoms. The first-order valence-corrected chi connectivity index (χ1v) is 7.76. The number of rotatable bonds is 2. The van der Waals surface area contributed by atoms with Gasteiger partial charge in [-0.1, -0.05) is 32.0 Å². The van der Waals surface area contributed by atoms with E-state index in [1.807, 2.05) is 43.0 Å². The van der Waals surface area contributed by atoms with Crippen molar-refractivity contribution in [2.45, 2.75) is 32.6 Å². The molecule has 1 aromatic carbocycles. The average molecular weight is 286 g/mol. The molecule has 112 valence electrons. The van der Waals surface area contributed by atoms with Gasteiger partial charge < -0.3 is 10.2 Å². The quantitative estimate of drug-likeness (QED) is 0.908. The minimum absolute atomic E-state index is 0.0440. The Morgan fingerprint density at radius 1 is 1.24 bits per heavy atom. The van der Waals surface area contributed by atoms with Gasteiger partial charge >= 0.3 is 0 Å². The molecule has 0 aliphatic carbocycles. The maximum atomic E-state index is 12.3. The van der Waals surface area contributed by atoms with Crippen molar-refractivity contribution in [1.82, 2.24) is 4.90 Å². The summed E-state index contributed by atoms with van der Waals surface area (Å²) in [5.74, 6) is 0.689. The maximum Gasteiger partial charge on any atom is 0.232 e. The third-order valence-electron chi connectivity index (χ3n) is 4.65. The molecule has 1 aromatic rings. The van der Waals surface area contributed by atoms with Gasteiger partial charge in [0.15, 0.2) is 0 Å². The van der Waals surface area contributed by atoms with Gasteiger partial charge in [-0.2, -0.15) is 0 Å². The van der Waals surface area contributed by atoms with Gasteiger partial charge in [-0.3, -0.25) is 9.59 Å². The summed E-state index contributed by atoms with van der Waals surface area (Å²) in [5, 5.41) is 2.98. The van der Waals surface area contributed by atoms with E-state index in [4.69, 9.17) is 0 Å². The first-order valence-electron chi connectivity index (χ1n) is 7.76. The predicted molar refractivity (Wildman–Crippen MR) is 82.0 cm³/mol. The molecule has 1 N–H and O–H groups in total. The summed E-state index contributed by atoms with van der Waals surface area (Å²) >= 11 is 0. The van der Waals surface area contributed by atoms with E-state index in [1.54, 1.807) is 0 Å². The van der Waals surface area contributed by atoms with Crippen molar-refractivity contribution in [3.63, 3.8) is 0 Å². The fraction of sp³-hybridized carbons (Fsp3) is 0.529. The smallest absolute Gasteiger partial charge is 0.232 e. The number of fused-ring (bicyclic) bond motifs is 1. The highest BCUT2D eigenvalue weighted by Gasteiger charge is 2.38. The number of nitrogens with one attached hydrogen (secondary N) is 1. The zero-order valence-corrected chi connectivity index (χ0v) is 12.6. The molecule has 2 amide bonds.